The van der Waals surface area contributed by atoms with E-state index in [0.29, 0.717) is 12.8 Å². The predicted octanol–water partition coefficient (Wildman–Crippen LogP) is 14.0. The summed E-state index contributed by atoms with van der Waals surface area (Å²) in [7, 11) is 0. The number of rotatable bonds is 14. The Balaban J connectivity index is 0.000000186. The van der Waals surface area contributed by atoms with Crippen LogP contribution < -0.4 is 0 Å². The Morgan fingerprint density at radius 1 is 0.435 bits per heavy atom. The summed E-state index contributed by atoms with van der Waals surface area (Å²) < 4.78 is 0. The van der Waals surface area contributed by atoms with Crippen molar-refractivity contribution in [1.29, 1.82) is 0 Å². The summed E-state index contributed by atoms with van der Waals surface area (Å²) in [6.07, 6.45) is 16.3. The fourth-order valence-corrected chi connectivity index (χ4v) is 11.6. The van der Waals surface area contributed by atoms with Crippen LogP contribution in [-0.4, -0.2) is 10.2 Å². The van der Waals surface area contributed by atoms with Gasteiger partial charge in [-0.05, 0) is 109 Å². The van der Waals surface area contributed by atoms with Gasteiger partial charge in [-0.25, -0.2) is 0 Å². The molecule has 2 nitrogen and oxygen atoms in total. The van der Waals surface area contributed by atoms with Crippen molar-refractivity contribution >= 4 is 0 Å². The van der Waals surface area contributed by atoms with Crippen molar-refractivity contribution in [1.82, 2.24) is 0 Å². The Hall–Kier alpha value is -5.80. The van der Waals surface area contributed by atoms with E-state index in [0.717, 1.165) is 62.5 Å². The normalized spacial score (nSPS) is 23.9. The van der Waals surface area contributed by atoms with Gasteiger partial charge in [0.1, 0.15) is 11.2 Å². The Labute approximate surface area is 371 Å². The van der Waals surface area contributed by atoms with Crippen molar-refractivity contribution < 1.29 is 10.2 Å². The third-order valence-electron chi connectivity index (χ3n) is 14.3. The van der Waals surface area contributed by atoms with Gasteiger partial charge >= 0.3 is 0 Å². The molecule has 6 aromatic rings. The largest absolute Gasteiger partial charge is 0.384 e. The molecule has 0 fully saturated rings. The third kappa shape index (κ3) is 8.52. The molecule has 2 aliphatic rings. The summed E-state index contributed by atoms with van der Waals surface area (Å²) in [5, 5.41) is 25.4. The van der Waals surface area contributed by atoms with Gasteiger partial charge in [0, 0.05) is 22.7 Å². The molecule has 0 unspecified atom stereocenters. The fourth-order valence-electron chi connectivity index (χ4n) is 11.6. The minimum Gasteiger partial charge on any atom is -0.384 e. The lowest BCUT2D eigenvalue weighted by atomic mass is 9.55. The minimum absolute atomic E-state index is 0.00464. The molecule has 0 radical (unpaired) electrons. The van der Waals surface area contributed by atoms with E-state index in [9.17, 15) is 10.2 Å². The van der Waals surface area contributed by atoms with Crippen LogP contribution in [0.3, 0.4) is 0 Å². The molecule has 0 spiro atoms. The number of hydrogen-bond acceptors (Lipinski definition) is 2. The first kappa shape index (κ1) is 44.3. The van der Waals surface area contributed by atoms with Crippen molar-refractivity contribution in [3.05, 3.63) is 265 Å². The van der Waals surface area contributed by atoms with E-state index in [2.05, 4.69) is 196 Å². The summed E-state index contributed by atoms with van der Waals surface area (Å²) in [6, 6.07) is 59.1. The molecule has 0 amide bonds. The van der Waals surface area contributed by atoms with E-state index >= 15 is 0 Å². The molecule has 6 atom stereocenters. The molecule has 0 aliphatic heterocycles. The van der Waals surface area contributed by atoms with Gasteiger partial charge in [-0.2, -0.15) is 0 Å². The quantitative estimate of drug-likeness (QED) is 0.0849. The minimum atomic E-state index is -1.05. The first-order chi connectivity index (χ1) is 30.3. The highest BCUT2D eigenvalue weighted by Gasteiger charge is 2.57. The zero-order valence-corrected chi connectivity index (χ0v) is 36.4. The number of benzene rings is 6. The van der Waals surface area contributed by atoms with Crippen molar-refractivity contribution in [2.24, 2.45) is 10.8 Å². The van der Waals surface area contributed by atoms with E-state index in [1.165, 1.54) is 33.4 Å². The molecular formula is C60H64O2. The lowest BCUT2D eigenvalue weighted by molar-refractivity contribution is -0.102. The van der Waals surface area contributed by atoms with Gasteiger partial charge in [0.15, 0.2) is 0 Å². The third-order valence-corrected chi connectivity index (χ3v) is 14.3. The van der Waals surface area contributed by atoms with Crippen LogP contribution in [0.1, 0.15) is 94.9 Å². The number of aryl methyl sites for hydroxylation is 2. The summed E-state index contributed by atoms with van der Waals surface area (Å²) in [6.45, 7) is 16.6. The summed E-state index contributed by atoms with van der Waals surface area (Å²) >= 11 is 0. The van der Waals surface area contributed by atoms with E-state index < -0.39 is 22.0 Å². The second-order valence-corrected chi connectivity index (χ2v) is 17.6. The smallest absolute Gasteiger partial charge is 0.100 e. The first-order valence-corrected chi connectivity index (χ1v) is 22.6. The van der Waals surface area contributed by atoms with E-state index in [1.54, 1.807) is 0 Å². The molecule has 2 heteroatoms. The van der Waals surface area contributed by atoms with Crippen LogP contribution in [-0.2, 0) is 36.9 Å². The zero-order chi connectivity index (χ0) is 43.5. The van der Waals surface area contributed by atoms with Crippen LogP contribution in [0.2, 0.25) is 0 Å². The number of allylic oxidation sites excluding steroid dienone is 2. The predicted molar refractivity (Wildman–Crippen MR) is 260 cm³/mol. The molecule has 0 saturated heterocycles. The maximum Gasteiger partial charge on any atom is 0.100 e. The topological polar surface area (TPSA) is 40.5 Å². The second kappa shape index (κ2) is 19.9. The van der Waals surface area contributed by atoms with Gasteiger partial charge in [0.2, 0.25) is 0 Å². The molecule has 2 aliphatic carbocycles. The molecule has 0 saturated carbocycles. The molecule has 8 rings (SSSR count). The van der Waals surface area contributed by atoms with Crippen molar-refractivity contribution in [2.75, 3.05) is 0 Å². The van der Waals surface area contributed by atoms with Crippen LogP contribution in [0, 0.1) is 10.8 Å². The Morgan fingerprint density at radius 3 is 1.10 bits per heavy atom. The summed E-state index contributed by atoms with van der Waals surface area (Å²) in [4.78, 5) is 0. The average molecular weight is 817 g/mol. The highest BCUT2D eigenvalue weighted by atomic mass is 16.3. The van der Waals surface area contributed by atoms with Crippen molar-refractivity contribution in [2.45, 2.75) is 87.2 Å². The van der Waals surface area contributed by atoms with Crippen LogP contribution >= 0.6 is 0 Å². The van der Waals surface area contributed by atoms with E-state index in [-0.39, 0.29) is 11.8 Å². The van der Waals surface area contributed by atoms with E-state index in [4.69, 9.17) is 0 Å². The lowest BCUT2D eigenvalue weighted by Crippen LogP contribution is -2.50. The molecule has 316 valence electrons. The molecular weight excluding hydrogens is 753 g/mol. The molecule has 0 aromatic heterocycles. The van der Waals surface area contributed by atoms with Crippen LogP contribution in [0.15, 0.2) is 220 Å². The van der Waals surface area contributed by atoms with Gasteiger partial charge in [-0.15, -0.1) is 26.3 Å². The maximum absolute atomic E-state index is 12.7. The van der Waals surface area contributed by atoms with Crippen molar-refractivity contribution in [3.63, 3.8) is 0 Å². The van der Waals surface area contributed by atoms with E-state index in [1.807, 2.05) is 24.3 Å². The zero-order valence-electron chi connectivity index (χ0n) is 36.4. The lowest BCUT2D eigenvalue weighted by Gasteiger charge is -2.51. The number of fused-ring (bicyclic) bond motifs is 2. The SMILES string of the molecule is C=CC[C@]1(O)c2ccccc2CCC[C@@]1(Cc1ccccc1)[C@H](C=C)c1ccccc1.C=CC[C@]1(O)c2ccccc2CCC[C@@]1(Cc1ccccc1)[C@H](C=C)c1ccccc1. The highest BCUT2D eigenvalue weighted by molar-refractivity contribution is 5.43. The monoisotopic (exact) mass is 816 g/mol. The molecule has 6 aromatic carbocycles. The molecule has 2 N–H and O–H groups in total. The average Bonchev–Trinajstić information content (AvgIpc) is 3.50. The van der Waals surface area contributed by atoms with Gasteiger partial charge < -0.3 is 10.2 Å². The molecule has 0 bridgehead atoms. The Bertz CT molecular complexity index is 2220. The van der Waals surface area contributed by atoms with Gasteiger partial charge in [-0.1, -0.05) is 194 Å². The molecule has 0 heterocycles. The summed E-state index contributed by atoms with van der Waals surface area (Å²) in [5.41, 5.74) is 6.49. The number of hydrogen-bond donors (Lipinski definition) is 2. The van der Waals surface area contributed by atoms with Crippen LogP contribution in [0.5, 0.6) is 0 Å². The van der Waals surface area contributed by atoms with Crippen molar-refractivity contribution in [3.8, 4) is 0 Å². The van der Waals surface area contributed by atoms with Gasteiger partial charge in [0.05, 0.1) is 0 Å². The van der Waals surface area contributed by atoms with Crippen LogP contribution in [0.25, 0.3) is 0 Å². The van der Waals surface area contributed by atoms with Crippen LogP contribution in [0.4, 0.5) is 0 Å². The van der Waals surface area contributed by atoms with Gasteiger partial charge in [-0.3, -0.25) is 0 Å². The Morgan fingerprint density at radius 2 is 0.758 bits per heavy atom. The second-order valence-electron chi connectivity index (χ2n) is 17.6. The first-order valence-electron chi connectivity index (χ1n) is 22.6. The maximum atomic E-state index is 12.7. The fraction of sp³-hybridized carbons (Fsp3) is 0.267. The number of aliphatic hydroxyl groups is 2. The van der Waals surface area contributed by atoms with Gasteiger partial charge in [0.25, 0.3) is 0 Å². The molecule has 62 heavy (non-hydrogen) atoms. The highest BCUT2D eigenvalue weighted by Crippen LogP contribution is 2.60. The standard InChI is InChI=1S/2C30H32O/c2*1-3-21-30(31)28-20-12-11-18-26(28)19-13-22-29(30,23-24-14-7-5-8-15-24)27(4-2)25-16-9-6-10-17-25/h2*3-12,14-18,20,27,31H,1-2,13,19,21-23H2/t2*27-,29-,30+/m11/s1. The Kier molecular flexibility index (Phi) is 14.2. The summed E-state index contributed by atoms with van der Waals surface area (Å²) in [5.74, 6) is 0.00928.